The largest absolute Gasteiger partial charge is 0.398 e. The molecule has 0 aliphatic heterocycles. The summed E-state index contributed by atoms with van der Waals surface area (Å²) in [6.45, 7) is 0. The molecule has 2 aromatic carbocycles. The zero-order valence-electron chi connectivity index (χ0n) is 9.70. The Morgan fingerprint density at radius 1 is 1.16 bits per heavy atom. The molecule has 2 N–H and O–H groups in total. The fourth-order valence-electron chi connectivity index (χ4n) is 1.62. The lowest BCUT2D eigenvalue weighted by molar-refractivity contribution is 0.507. The molecule has 0 aliphatic rings. The van der Waals surface area contributed by atoms with Gasteiger partial charge in [-0.25, -0.2) is 8.78 Å². The van der Waals surface area contributed by atoms with E-state index in [2.05, 4.69) is 0 Å². The molecule has 2 rings (SSSR count). The van der Waals surface area contributed by atoms with Crippen molar-refractivity contribution in [2.75, 3.05) is 5.73 Å². The van der Waals surface area contributed by atoms with Gasteiger partial charge in [0, 0.05) is 5.69 Å². The number of nitrogens with two attached hydrogens (primary N) is 1. The van der Waals surface area contributed by atoms with Gasteiger partial charge in [-0.15, -0.1) is 0 Å². The van der Waals surface area contributed by atoms with E-state index in [9.17, 15) is 13.0 Å². The molecule has 1 unspecified atom stereocenters. The number of anilines is 1. The van der Waals surface area contributed by atoms with Crippen LogP contribution in [-0.4, -0.2) is 4.21 Å². The third-order valence-electron chi connectivity index (χ3n) is 2.51. The molecule has 0 fully saturated rings. The summed E-state index contributed by atoms with van der Waals surface area (Å²) in [7, 11) is -1.52. The van der Waals surface area contributed by atoms with Crippen molar-refractivity contribution in [3.63, 3.8) is 0 Å². The van der Waals surface area contributed by atoms with E-state index in [0.29, 0.717) is 21.2 Å². The molecule has 1 atom stereocenters. The molecule has 0 aromatic heterocycles. The summed E-state index contributed by atoms with van der Waals surface area (Å²) in [4.78, 5) is 0.314. The van der Waals surface area contributed by atoms with E-state index in [4.69, 9.17) is 17.3 Å². The highest BCUT2D eigenvalue weighted by molar-refractivity contribution is 7.84. The SMILES string of the molecule is Nc1cccc(Cl)c1S(=O)Cc1ccc(F)c(F)c1. The van der Waals surface area contributed by atoms with Gasteiger partial charge in [0.2, 0.25) is 0 Å². The van der Waals surface area contributed by atoms with E-state index in [1.54, 1.807) is 18.2 Å². The average Bonchev–Trinajstić information content (AvgIpc) is 2.33. The first-order chi connectivity index (χ1) is 8.99. The Kier molecular flexibility index (Phi) is 4.17. The molecular weight excluding hydrogens is 292 g/mol. The fourth-order valence-corrected chi connectivity index (χ4v) is 3.30. The monoisotopic (exact) mass is 301 g/mol. The van der Waals surface area contributed by atoms with Gasteiger partial charge in [0.1, 0.15) is 0 Å². The van der Waals surface area contributed by atoms with Gasteiger partial charge < -0.3 is 5.73 Å². The van der Waals surface area contributed by atoms with Crippen LogP contribution in [0.25, 0.3) is 0 Å². The van der Waals surface area contributed by atoms with Crippen LogP contribution < -0.4 is 5.73 Å². The smallest absolute Gasteiger partial charge is 0.159 e. The lowest BCUT2D eigenvalue weighted by atomic mass is 10.2. The van der Waals surface area contributed by atoms with Crippen LogP contribution in [0.3, 0.4) is 0 Å². The van der Waals surface area contributed by atoms with Gasteiger partial charge in [0.25, 0.3) is 0 Å². The number of benzene rings is 2. The van der Waals surface area contributed by atoms with Crippen molar-refractivity contribution >= 4 is 28.1 Å². The van der Waals surface area contributed by atoms with E-state index in [0.717, 1.165) is 12.1 Å². The van der Waals surface area contributed by atoms with Gasteiger partial charge in [-0.3, -0.25) is 4.21 Å². The Morgan fingerprint density at radius 3 is 2.53 bits per heavy atom. The summed E-state index contributed by atoms with van der Waals surface area (Å²) < 4.78 is 38.0. The molecule has 0 spiro atoms. The maximum absolute atomic E-state index is 13.1. The van der Waals surface area contributed by atoms with Crippen LogP contribution in [0.4, 0.5) is 14.5 Å². The van der Waals surface area contributed by atoms with Crippen molar-refractivity contribution in [1.82, 2.24) is 0 Å². The van der Waals surface area contributed by atoms with Crippen LogP contribution in [0.5, 0.6) is 0 Å². The summed E-state index contributed by atoms with van der Waals surface area (Å²) in [5.41, 5.74) is 6.45. The molecule has 0 radical (unpaired) electrons. The van der Waals surface area contributed by atoms with E-state index in [-0.39, 0.29) is 5.75 Å². The molecule has 0 amide bonds. The summed E-state index contributed by atoms with van der Waals surface area (Å²) in [6.07, 6.45) is 0. The topological polar surface area (TPSA) is 43.1 Å². The average molecular weight is 302 g/mol. The second-order valence-corrected chi connectivity index (χ2v) is 5.69. The van der Waals surface area contributed by atoms with Crippen LogP contribution in [0.1, 0.15) is 5.56 Å². The summed E-state index contributed by atoms with van der Waals surface area (Å²) in [6, 6.07) is 8.21. The van der Waals surface area contributed by atoms with Crippen LogP contribution in [-0.2, 0) is 16.6 Å². The molecule has 0 saturated heterocycles. The number of halogens is 3. The highest BCUT2D eigenvalue weighted by Crippen LogP contribution is 2.27. The van der Waals surface area contributed by atoms with Crippen molar-refractivity contribution in [2.45, 2.75) is 10.6 Å². The minimum Gasteiger partial charge on any atom is -0.398 e. The Labute approximate surface area is 116 Å². The zero-order valence-corrected chi connectivity index (χ0v) is 11.3. The first kappa shape index (κ1) is 14.0. The molecule has 0 aliphatic carbocycles. The summed E-state index contributed by atoms with van der Waals surface area (Å²) in [5, 5.41) is 0.293. The first-order valence-electron chi connectivity index (χ1n) is 5.35. The zero-order chi connectivity index (χ0) is 14.0. The maximum atomic E-state index is 13.1. The number of hydrogen-bond acceptors (Lipinski definition) is 2. The summed E-state index contributed by atoms with van der Waals surface area (Å²) in [5.74, 6) is -1.89. The van der Waals surface area contributed by atoms with Gasteiger partial charge >= 0.3 is 0 Å². The Hall–Kier alpha value is -1.46. The molecule has 2 aromatic rings. The lowest BCUT2D eigenvalue weighted by Crippen LogP contribution is -2.02. The minimum absolute atomic E-state index is 0.0190. The Morgan fingerprint density at radius 2 is 1.89 bits per heavy atom. The molecule has 0 heterocycles. The predicted octanol–water partition coefficient (Wildman–Crippen LogP) is 3.51. The van der Waals surface area contributed by atoms with Gasteiger partial charge in [0.15, 0.2) is 11.6 Å². The quantitative estimate of drug-likeness (QED) is 0.882. The first-order valence-corrected chi connectivity index (χ1v) is 7.05. The van der Waals surface area contributed by atoms with Crippen molar-refractivity contribution in [3.8, 4) is 0 Å². The molecule has 0 saturated carbocycles. The number of nitrogen functional groups attached to an aromatic ring is 1. The van der Waals surface area contributed by atoms with Crippen molar-refractivity contribution < 1.29 is 13.0 Å². The molecule has 19 heavy (non-hydrogen) atoms. The molecule has 2 nitrogen and oxygen atoms in total. The Bertz CT molecular complexity index is 628. The van der Waals surface area contributed by atoms with Crippen molar-refractivity contribution in [2.24, 2.45) is 0 Å². The third-order valence-corrected chi connectivity index (χ3v) is 4.44. The van der Waals surface area contributed by atoms with Crippen LogP contribution in [0, 0.1) is 11.6 Å². The lowest BCUT2D eigenvalue weighted by Gasteiger charge is -2.08. The molecule has 0 bridgehead atoms. The predicted molar refractivity (Wildman–Crippen MR) is 72.3 cm³/mol. The maximum Gasteiger partial charge on any atom is 0.159 e. The molecular formula is C13H10ClF2NOS. The van der Waals surface area contributed by atoms with Crippen molar-refractivity contribution in [3.05, 3.63) is 58.6 Å². The third kappa shape index (κ3) is 3.11. The van der Waals surface area contributed by atoms with E-state index >= 15 is 0 Å². The van der Waals surface area contributed by atoms with Gasteiger partial charge in [-0.2, -0.15) is 0 Å². The minimum atomic E-state index is -1.52. The van der Waals surface area contributed by atoms with Gasteiger partial charge in [0.05, 0.1) is 26.5 Å². The normalized spacial score (nSPS) is 12.4. The van der Waals surface area contributed by atoms with Gasteiger partial charge in [-0.1, -0.05) is 23.7 Å². The Balaban J connectivity index is 2.28. The van der Waals surface area contributed by atoms with Crippen molar-refractivity contribution in [1.29, 1.82) is 0 Å². The highest BCUT2D eigenvalue weighted by atomic mass is 35.5. The number of rotatable bonds is 3. The van der Waals surface area contributed by atoms with Crippen LogP contribution >= 0.6 is 11.6 Å². The second kappa shape index (κ2) is 5.67. The van der Waals surface area contributed by atoms with Crippen LogP contribution in [0.15, 0.2) is 41.3 Å². The molecule has 100 valence electrons. The summed E-state index contributed by atoms with van der Waals surface area (Å²) >= 11 is 5.94. The fraction of sp³-hybridized carbons (Fsp3) is 0.0769. The van der Waals surface area contributed by atoms with E-state index in [1.165, 1.54) is 6.07 Å². The molecule has 6 heteroatoms. The standard InChI is InChI=1S/C13H10ClF2NOS/c14-9-2-1-3-12(17)13(9)19(18)7-8-4-5-10(15)11(16)6-8/h1-6H,7,17H2. The van der Waals surface area contributed by atoms with E-state index in [1.807, 2.05) is 0 Å². The van der Waals surface area contributed by atoms with E-state index < -0.39 is 22.4 Å². The second-order valence-electron chi connectivity index (χ2n) is 3.90. The highest BCUT2D eigenvalue weighted by Gasteiger charge is 2.14. The van der Waals surface area contributed by atoms with Crippen LogP contribution in [0.2, 0.25) is 5.02 Å². The van der Waals surface area contributed by atoms with Gasteiger partial charge in [-0.05, 0) is 29.8 Å². The number of hydrogen-bond donors (Lipinski definition) is 1.